The highest BCUT2D eigenvalue weighted by atomic mass is 16.5. The number of aryl methyl sites for hydroxylation is 1. The molecule has 0 amide bonds. The lowest BCUT2D eigenvalue weighted by atomic mass is 10.2. The van der Waals surface area contributed by atoms with Crippen LogP contribution in [0.2, 0.25) is 0 Å². The molecule has 0 saturated carbocycles. The Morgan fingerprint density at radius 2 is 2.10 bits per heavy atom. The van der Waals surface area contributed by atoms with Gasteiger partial charge in [0.15, 0.2) is 5.75 Å². The quantitative estimate of drug-likeness (QED) is 0.744. The van der Waals surface area contributed by atoms with Crippen molar-refractivity contribution in [1.82, 2.24) is 14.5 Å². The van der Waals surface area contributed by atoms with Gasteiger partial charge in [0.05, 0.1) is 0 Å². The molecular formula is C15H14N4O2. The highest BCUT2D eigenvalue weighted by molar-refractivity contribution is 5.94. The van der Waals surface area contributed by atoms with Gasteiger partial charge in [-0.1, -0.05) is 0 Å². The summed E-state index contributed by atoms with van der Waals surface area (Å²) in [4.78, 5) is 20.4. The maximum Gasteiger partial charge on any atom is 0.313 e. The molecule has 3 rings (SSSR count). The first kappa shape index (κ1) is 13.1. The van der Waals surface area contributed by atoms with Crippen molar-refractivity contribution in [2.45, 2.75) is 13.5 Å². The molecule has 0 saturated heterocycles. The number of fused-ring (bicyclic) bond motifs is 1. The Morgan fingerprint density at radius 3 is 2.90 bits per heavy atom. The number of nitrogens with zero attached hydrogens (tertiary/aromatic N) is 3. The third-order valence-corrected chi connectivity index (χ3v) is 3.20. The van der Waals surface area contributed by atoms with Crippen LogP contribution in [0.15, 0.2) is 47.7 Å². The molecule has 0 spiro atoms. The van der Waals surface area contributed by atoms with E-state index in [1.807, 2.05) is 13.0 Å². The molecule has 0 atom stereocenters. The molecule has 0 aliphatic rings. The number of benzene rings is 1. The Morgan fingerprint density at radius 1 is 1.24 bits per heavy atom. The molecule has 1 aromatic carbocycles. The first-order chi connectivity index (χ1) is 10.2. The number of aromatic nitrogens is 3. The molecule has 0 fully saturated rings. The molecule has 2 aromatic heterocycles. The molecule has 0 unspecified atom stereocenters. The molecule has 0 bridgehead atoms. The predicted octanol–water partition coefficient (Wildman–Crippen LogP) is 2.19. The maximum absolute atomic E-state index is 12.1. The van der Waals surface area contributed by atoms with E-state index in [2.05, 4.69) is 9.97 Å². The van der Waals surface area contributed by atoms with Gasteiger partial charge >= 0.3 is 5.56 Å². The Balaban J connectivity index is 2.11. The van der Waals surface area contributed by atoms with Gasteiger partial charge < -0.3 is 15.0 Å². The van der Waals surface area contributed by atoms with Crippen molar-refractivity contribution in [3.8, 4) is 11.6 Å². The standard InChI is InChI=1S/C15H14N4O2/c1-2-19-9-8-18-14(15(19)20)21-12-6-5-11(16)10-4-3-7-17-13(10)12/h3-9H,2,16H2,1H3. The number of nitrogens with two attached hydrogens (primary N) is 1. The van der Waals surface area contributed by atoms with Crippen molar-refractivity contribution < 1.29 is 4.74 Å². The minimum atomic E-state index is -0.277. The van der Waals surface area contributed by atoms with Gasteiger partial charge in [-0.25, -0.2) is 4.98 Å². The van der Waals surface area contributed by atoms with E-state index in [4.69, 9.17) is 10.5 Å². The lowest BCUT2D eigenvalue weighted by molar-refractivity contribution is 0.449. The van der Waals surface area contributed by atoms with Crippen molar-refractivity contribution >= 4 is 16.6 Å². The van der Waals surface area contributed by atoms with Crippen molar-refractivity contribution in [3.05, 3.63) is 53.2 Å². The molecule has 21 heavy (non-hydrogen) atoms. The Kier molecular flexibility index (Phi) is 3.27. The van der Waals surface area contributed by atoms with Crippen LogP contribution in [0.4, 0.5) is 5.69 Å². The van der Waals surface area contributed by atoms with Gasteiger partial charge in [-0.2, -0.15) is 0 Å². The summed E-state index contributed by atoms with van der Waals surface area (Å²) < 4.78 is 7.18. The minimum Gasteiger partial charge on any atom is -0.432 e. The predicted molar refractivity (Wildman–Crippen MR) is 80.4 cm³/mol. The van der Waals surface area contributed by atoms with E-state index >= 15 is 0 Å². The second-order valence-electron chi connectivity index (χ2n) is 4.48. The summed E-state index contributed by atoms with van der Waals surface area (Å²) in [6.07, 6.45) is 4.80. The van der Waals surface area contributed by atoms with Crippen LogP contribution in [0.1, 0.15) is 6.92 Å². The third-order valence-electron chi connectivity index (χ3n) is 3.20. The normalized spacial score (nSPS) is 10.7. The number of pyridine rings is 1. The van der Waals surface area contributed by atoms with Gasteiger partial charge in [0.1, 0.15) is 5.52 Å². The highest BCUT2D eigenvalue weighted by Crippen LogP contribution is 2.29. The summed E-state index contributed by atoms with van der Waals surface area (Å²) in [5.74, 6) is 0.481. The van der Waals surface area contributed by atoms with E-state index in [9.17, 15) is 4.79 Å². The highest BCUT2D eigenvalue weighted by Gasteiger charge is 2.11. The number of anilines is 1. The SMILES string of the molecule is CCn1ccnc(Oc2ccc(N)c3cccnc23)c1=O. The summed E-state index contributed by atoms with van der Waals surface area (Å²) in [5.41, 5.74) is 6.85. The van der Waals surface area contributed by atoms with E-state index in [1.165, 1.54) is 10.8 Å². The minimum absolute atomic E-state index is 0.0241. The summed E-state index contributed by atoms with van der Waals surface area (Å²) in [6.45, 7) is 2.43. The van der Waals surface area contributed by atoms with Crippen LogP contribution >= 0.6 is 0 Å². The van der Waals surface area contributed by atoms with Crippen LogP contribution in [0.3, 0.4) is 0 Å². The number of nitrogen functional groups attached to an aromatic ring is 1. The first-order valence-corrected chi connectivity index (χ1v) is 6.57. The summed E-state index contributed by atoms with van der Waals surface area (Å²) in [7, 11) is 0. The number of ether oxygens (including phenoxy) is 1. The molecule has 0 radical (unpaired) electrons. The molecular weight excluding hydrogens is 268 g/mol. The van der Waals surface area contributed by atoms with E-state index in [-0.39, 0.29) is 11.4 Å². The molecule has 2 N–H and O–H groups in total. The molecule has 0 aliphatic carbocycles. The lowest BCUT2D eigenvalue weighted by Gasteiger charge is -2.09. The molecule has 3 aromatic rings. The van der Waals surface area contributed by atoms with Crippen LogP contribution < -0.4 is 16.0 Å². The number of rotatable bonds is 3. The van der Waals surface area contributed by atoms with Gasteiger partial charge in [0, 0.05) is 36.2 Å². The fourth-order valence-electron chi connectivity index (χ4n) is 2.10. The van der Waals surface area contributed by atoms with Crippen LogP contribution in [0.5, 0.6) is 11.6 Å². The average Bonchev–Trinajstić information content (AvgIpc) is 2.52. The molecule has 2 heterocycles. The summed E-state index contributed by atoms with van der Waals surface area (Å²) >= 11 is 0. The monoisotopic (exact) mass is 282 g/mol. The van der Waals surface area contributed by atoms with Crippen molar-refractivity contribution in [1.29, 1.82) is 0 Å². The Bertz CT molecular complexity index is 858. The fraction of sp³-hybridized carbons (Fsp3) is 0.133. The fourth-order valence-corrected chi connectivity index (χ4v) is 2.10. The van der Waals surface area contributed by atoms with Gasteiger partial charge in [-0.3, -0.25) is 9.78 Å². The molecule has 6 nitrogen and oxygen atoms in total. The Labute approximate surface area is 120 Å². The van der Waals surface area contributed by atoms with Crippen molar-refractivity contribution in [2.75, 3.05) is 5.73 Å². The molecule has 0 aliphatic heterocycles. The zero-order valence-corrected chi connectivity index (χ0v) is 11.5. The van der Waals surface area contributed by atoms with Crippen LogP contribution in [-0.2, 0) is 6.54 Å². The van der Waals surface area contributed by atoms with Crippen LogP contribution in [0, 0.1) is 0 Å². The maximum atomic E-state index is 12.1. The molecule has 106 valence electrons. The second-order valence-corrected chi connectivity index (χ2v) is 4.48. The molecule has 6 heteroatoms. The number of hydrogen-bond acceptors (Lipinski definition) is 5. The topological polar surface area (TPSA) is 83.0 Å². The van der Waals surface area contributed by atoms with E-state index < -0.39 is 0 Å². The smallest absolute Gasteiger partial charge is 0.313 e. The second kappa shape index (κ2) is 5.24. The zero-order valence-electron chi connectivity index (χ0n) is 11.5. The van der Waals surface area contributed by atoms with Crippen molar-refractivity contribution in [2.24, 2.45) is 0 Å². The van der Waals surface area contributed by atoms with Gasteiger partial charge in [-0.05, 0) is 31.2 Å². The summed E-state index contributed by atoms with van der Waals surface area (Å²) in [6, 6.07) is 7.07. The van der Waals surface area contributed by atoms with Gasteiger partial charge in [0.2, 0.25) is 0 Å². The first-order valence-electron chi connectivity index (χ1n) is 6.57. The van der Waals surface area contributed by atoms with E-state index in [0.717, 1.165) is 5.39 Å². The lowest BCUT2D eigenvalue weighted by Crippen LogP contribution is -2.20. The van der Waals surface area contributed by atoms with Gasteiger partial charge in [0.25, 0.3) is 5.88 Å². The van der Waals surface area contributed by atoms with Crippen molar-refractivity contribution in [3.63, 3.8) is 0 Å². The average molecular weight is 282 g/mol. The zero-order chi connectivity index (χ0) is 14.8. The Hall–Kier alpha value is -2.89. The van der Waals surface area contributed by atoms with E-state index in [1.54, 1.807) is 30.6 Å². The summed E-state index contributed by atoms with van der Waals surface area (Å²) in [5, 5.41) is 0.779. The number of hydrogen-bond donors (Lipinski definition) is 1. The van der Waals surface area contributed by atoms with Crippen LogP contribution in [-0.4, -0.2) is 14.5 Å². The van der Waals surface area contributed by atoms with Crippen LogP contribution in [0.25, 0.3) is 10.9 Å². The largest absolute Gasteiger partial charge is 0.432 e. The van der Waals surface area contributed by atoms with E-state index in [0.29, 0.717) is 23.5 Å². The third kappa shape index (κ3) is 2.31. The van der Waals surface area contributed by atoms with Gasteiger partial charge in [-0.15, -0.1) is 0 Å².